The van der Waals surface area contributed by atoms with Crippen LogP contribution in [0.5, 0.6) is 5.75 Å². The van der Waals surface area contributed by atoms with Crippen LogP contribution in [0, 0.1) is 0 Å². The number of alkyl halides is 3. The third kappa shape index (κ3) is 7.91. The van der Waals surface area contributed by atoms with Crippen LogP contribution in [0.15, 0.2) is 21.5 Å². The van der Waals surface area contributed by atoms with Gasteiger partial charge in [0.15, 0.2) is 5.75 Å². The molecule has 0 aliphatic carbocycles. The van der Waals surface area contributed by atoms with Crippen molar-refractivity contribution in [3.8, 4) is 5.75 Å². The first-order chi connectivity index (χ1) is 12.5. The molecule has 1 fully saturated rings. The normalized spacial score (nSPS) is 16.0. The maximum Gasteiger partial charge on any atom is 0.490 e. The van der Waals surface area contributed by atoms with Gasteiger partial charge < -0.3 is 19.4 Å². The summed E-state index contributed by atoms with van der Waals surface area (Å²) in [6, 6.07) is 0.810. The van der Waals surface area contributed by atoms with Gasteiger partial charge in [-0.2, -0.15) is 24.9 Å². The number of aromatic hydroxyl groups is 1. The Labute approximate surface area is 155 Å². The Balaban J connectivity index is 0.000000445. The van der Waals surface area contributed by atoms with Gasteiger partial charge in [-0.05, 0) is 6.92 Å². The van der Waals surface area contributed by atoms with Gasteiger partial charge in [-0.25, -0.2) is 4.79 Å². The van der Waals surface area contributed by atoms with E-state index >= 15 is 0 Å². The summed E-state index contributed by atoms with van der Waals surface area (Å²) < 4.78 is 41.8. The highest BCUT2D eigenvalue weighted by molar-refractivity contribution is 7.99. The lowest BCUT2D eigenvalue weighted by Crippen LogP contribution is -2.44. The van der Waals surface area contributed by atoms with Crippen LogP contribution < -0.4 is 5.43 Å². The Morgan fingerprint density at radius 1 is 1.37 bits per heavy atom. The van der Waals surface area contributed by atoms with E-state index in [1.54, 1.807) is 0 Å². The maximum atomic E-state index is 11.9. The Morgan fingerprint density at radius 3 is 2.41 bits per heavy atom. The molecule has 1 aromatic rings. The lowest BCUT2D eigenvalue weighted by atomic mass is 10.3. The van der Waals surface area contributed by atoms with Crippen LogP contribution in [0.25, 0.3) is 0 Å². The van der Waals surface area contributed by atoms with Crippen molar-refractivity contribution in [2.24, 2.45) is 0 Å². The third-order valence-corrected chi connectivity index (χ3v) is 4.34. The molecule has 0 radical (unpaired) electrons. The molecule has 0 amide bonds. The Bertz CT molecular complexity index is 701. The first-order valence-corrected chi connectivity index (χ1v) is 8.77. The summed E-state index contributed by atoms with van der Waals surface area (Å²) in [6.07, 6.45) is -4.14. The van der Waals surface area contributed by atoms with E-state index in [4.69, 9.17) is 24.2 Å². The van der Waals surface area contributed by atoms with Crippen LogP contribution in [0.1, 0.15) is 12.7 Å². The van der Waals surface area contributed by atoms with Crippen LogP contribution in [0.2, 0.25) is 0 Å². The van der Waals surface area contributed by atoms with Crippen LogP contribution >= 0.6 is 11.8 Å². The molecular formula is C15H18F3NO7S. The minimum atomic E-state index is -5.08. The topological polar surface area (TPSA) is 117 Å². The molecule has 1 saturated heterocycles. The molecule has 0 aromatic carbocycles. The SMILES string of the molecule is CC(C(=O)OCc1cc(=O)c(O)co1)N1CCSCC1.O=C(O)C(F)(F)F. The maximum absolute atomic E-state index is 11.9. The largest absolute Gasteiger partial charge is 0.502 e. The second-order valence-electron chi connectivity index (χ2n) is 5.33. The number of carboxylic acids is 1. The number of rotatable bonds is 4. The fourth-order valence-electron chi connectivity index (χ4n) is 1.90. The van der Waals surface area contributed by atoms with E-state index in [0.717, 1.165) is 36.9 Å². The van der Waals surface area contributed by atoms with Gasteiger partial charge in [0.1, 0.15) is 24.7 Å². The molecule has 1 atom stereocenters. The van der Waals surface area contributed by atoms with E-state index in [1.807, 2.05) is 18.7 Å². The number of esters is 1. The van der Waals surface area contributed by atoms with E-state index in [-0.39, 0.29) is 24.4 Å². The highest BCUT2D eigenvalue weighted by atomic mass is 32.2. The average molecular weight is 413 g/mol. The lowest BCUT2D eigenvalue weighted by Gasteiger charge is -2.30. The van der Waals surface area contributed by atoms with Crippen molar-refractivity contribution >= 4 is 23.7 Å². The minimum Gasteiger partial charge on any atom is -0.502 e. The van der Waals surface area contributed by atoms with E-state index in [0.29, 0.717) is 0 Å². The molecule has 1 unspecified atom stereocenters. The zero-order valence-electron chi connectivity index (χ0n) is 14.2. The lowest BCUT2D eigenvalue weighted by molar-refractivity contribution is -0.192. The summed E-state index contributed by atoms with van der Waals surface area (Å²) in [5.41, 5.74) is -0.552. The summed E-state index contributed by atoms with van der Waals surface area (Å²) >= 11 is 1.87. The fourth-order valence-corrected chi connectivity index (χ4v) is 2.83. The van der Waals surface area contributed by atoms with Gasteiger partial charge >= 0.3 is 18.1 Å². The van der Waals surface area contributed by atoms with Crippen molar-refractivity contribution in [3.63, 3.8) is 0 Å². The number of halogens is 3. The molecule has 8 nitrogen and oxygen atoms in total. The fraction of sp³-hybridized carbons (Fsp3) is 0.533. The molecule has 2 rings (SSSR count). The molecule has 2 N–H and O–H groups in total. The van der Waals surface area contributed by atoms with Gasteiger partial charge in [0, 0.05) is 30.7 Å². The summed E-state index contributed by atoms with van der Waals surface area (Å²) in [5, 5.41) is 16.2. The van der Waals surface area contributed by atoms with Gasteiger partial charge in [0.25, 0.3) is 0 Å². The number of carbonyl (C=O) groups is 2. The number of aliphatic carboxylic acids is 1. The summed E-state index contributed by atoms with van der Waals surface area (Å²) in [7, 11) is 0. The molecule has 0 spiro atoms. The Kier molecular flexibility index (Phi) is 8.63. The molecule has 0 bridgehead atoms. The van der Waals surface area contributed by atoms with Crippen molar-refractivity contribution in [2.45, 2.75) is 25.7 Å². The van der Waals surface area contributed by atoms with E-state index in [2.05, 4.69) is 4.90 Å². The molecule has 152 valence electrons. The number of nitrogens with zero attached hydrogens (tertiary/aromatic N) is 1. The molecule has 2 heterocycles. The van der Waals surface area contributed by atoms with Crippen molar-refractivity contribution in [1.29, 1.82) is 0 Å². The van der Waals surface area contributed by atoms with E-state index < -0.39 is 23.3 Å². The summed E-state index contributed by atoms with van der Waals surface area (Å²) in [6.45, 7) is 3.44. The summed E-state index contributed by atoms with van der Waals surface area (Å²) in [5.74, 6) is -1.31. The average Bonchev–Trinajstić information content (AvgIpc) is 2.62. The van der Waals surface area contributed by atoms with Gasteiger partial charge in [-0.1, -0.05) is 0 Å². The first kappa shape index (κ1) is 22.8. The number of carbonyl (C=O) groups excluding carboxylic acids is 1. The van der Waals surface area contributed by atoms with Crippen LogP contribution in [-0.4, -0.2) is 63.9 Å². The standard InChI is InChI=1S/C13H17NO5S.C2HF3O2/c1-9(14-2-4-20-5-3-14)13(17)19-7-10-6-11(15)12(16)8-18-10;3-2(4,5)1(6)7/h6,8-9,16H,2-5,7H2,1H3;(H,6,7). The highest BCUT2D eigenvalue weighted by Gasteiger charge is 2.38. The quantitative estimate of drug-likeness (QED) is 0.708. The van der Waals surface area contributed by atoms with Gasteiger partial charge in [0.2, 0.25) is 5.43 Å². The van der Waals surface area contributed by atoms with Crippen LogP contribution in [0.4, 0.5) is 13.2 Å². The molecule has 1 aliphatic rings. The van der Waals surface area contributed by atoms with Gasteiger partial charge in [0.05, 0.1) is 0 Å². The molecular weight excluding hydrogens is 395 g/mol. The number of carboxylic acid groups (broad SMARTS) is 1. The second kappa shape index (κ2) is 10.2. The Hall–Kier alpha value is -2.21. The van der Waals surface area contributed by atoms with E-state index in [1.165, 1.54) is 0 Å². The van der Waals surface area contributed by atoms with E-state index in [9.17, 15) is 22.8 Å². The third-order valence-electron chi connectivity index (χ3n) is 3.40. The van der Waals surface area contributed by atoms with Crippen molar-refractivity contribution in [1.82, 2.24) is 4.90 Å². The van der Waals surface area contributed by atoms with Crippen molar-refractivity contribution in [2.75, 3.05) is 24.6 Å². The summed E-state index contributed by atoms with van der Waals surface area (Å²) in [4.78, 5) is 34.1. The molecule has 1 aliphatic heterocycles. The molecule has 1 aromatic heterocycles. The van der Waals surface area contributed by atoms with Crippen LogP contribution in [-0.2, 0) is 20.9 Å². The zero-order valence-corrected chi connectivity index (χ0v) is 15.0. The number of thioether (sulfide) groups is 1. The second-order valence-corrected chi connectivity index (χ2v) is 6.56. The van der Waals surface area contributed by atoms with Gasteiger partial charge in [-0.3, -0.25) is 14.5 Å². The first-order valence-electron chi connectivity index (χ1n) is 7.61. The highest BCUT2D eigenvalue weighted by Crippen LogP contribution is 2.14. The monoisotopic (exact) mass is 413 g/mol. The molecule has 27 heavy (non-hydrogen) atoms. The molecule has 12 heteroatoms. The Morgan fingerprint density at radius 2 is 1.93 bits per heavy atom. The van der Waals surface area contributed by atoms with Crippen molar-refractivity contribution in [3.05, 3.63) is 28.3 Å². The minimum absolute atomic E-state index is 0.110. The number of ether oxygens (including phenoxy) is 1. The van der Waals surface area contributed by atoms with Crippen LogP contribution in [0.3, 0.4) is 0 Å². The number of hydrogen-bond donors (Lipinski definition) is 2. The van der Waals surface area contributed by atoms with Gasteiger partial charge in [-0.15, -0.1) is 0 Å². The smallest absolute Gasteiger partial charge is 0.490 e. The number of hydrogen-bond acceptors (Lipinski definition) is 8. The predicted molar refractivity (Wildman–Crippen MR) is 88.5 cm³/mol. The van der Waals surface area contributed by atoms with Crippen molar-refractivity contribution < 1.29 is 42.1 Å². The zero-order chi connectivity index (χ0) is 20.6. The predicted octanol–water partition coefficient (Wildman–Crippen LogP) is 1.46. The molecule has 0 saturated carbocycles.